The zero-order chi connectivity index (χ0) is 31.9. The number of nitrogens with zero attached hydrogens (tertiary/aromatic N) is 4. The standard InChI is InChI=1S/C32H37ClFN6O4P/c1-6-20-15-26(28(42-3)17-27(20)40-11-9-32(10-12-40)43-13-14-44-32)38-31-35-18-22(33)30(39-31)37-25-8-7-24-21(29(25)45(4,5)41)16-23(34)19(2)36-24/h7-8,15-18H,6,9-14H2,1-5H3,(H2,35,37,38,39). The Morgan fingerprint density at radius 2 is 1.82 bits per heavy atom. The maximum Gasteiger partial charge on any atom is 0.229 e. The SMILES string of the molecule is CCc1cc(Nc2ncc(Cl)c(Nc3ccc4nc(C)c(F)cc4c3P(C)(C)=O)n2)c(OC)cc1N1CCC2(CC1)OCCO2. The lowest BCUT2D eigenvalue weighted by atomic mass is 10.0. The molecular formula is C32H37ClFN6O4P. The van der Waals surface area contributed by atoms with Crippen LogP contribution in [0.25, 0.3) is 10.9 Å². The Balaban J connectivity index is 1.29. The predicted octanol–water partition coefficient (Wildman–Crippen LogP) is 6.78. The number of hydrogen-bond donors (Lipinski definition) is 2. The van der Waals surface area contributed by atoms with Gasteiger partial charge in [0, 0.05) is 48.4 Å². The topological polar surface area (TPSA) is 111 Å². The number of rotatable bonds is 8. The van der Waals surface area contributed by atoms with Gasteiger partial charge in [0.05, 0.1) is 49.1 Å². The molecule has 0 saturated carbocycles. The van der Waals surface area contributed by atoms with Crippen molar-refractivity contribution >= 4 is 63.8 Å². The first-order valence-corrected chi connectivity index (χ1v) is 17.9. The molecule has 0 bridgehead atoms. The summed E-state index contributed by atoms with van der Waals surface area (Å²) in [6.45, 7) is 9.93. The molecule has 2 aromatic carbocycles. The molecule has 2 saturated heterocycles. The lowest BCUT2D eigenvalue weighted by molar-refractivity contribution is -0.169. The molecule has 2 N–H and O–H groups in total. The molecular weight excluding hydrogens is 618 g/mol. The van der Waals surface area contributed by atoms with Crippen molar-refractivity contribution in [3.63, 3.8) is 0 Å². The van der Waals surface area contributed by atoms with Crippen LogP contribution >= 0.6 is 18.7 Å². The summed E-state index contributed by atoms with van der Waals surface area (Å²) in [6, 6.07) is 9.00. The van der Waals surface area contributed by atoms with Crippen LogP contribution in [0.3, 0.4) is 0 Å². The molecule has 2 aliphatic rings. The van der Waals surface area contributed by atoms with Gasteiger partial charge in [-0.1, -0.05) is 18.5 Å². The average molecular weight is 655 g/mol. The second-order valence-electron chi connectivity index (χ2n) is 11.7. The molecule has 2 aromatic heterocycles. The predicted molar refractivity (Wildman–Crippen MR) is 178 cm³/mol. The molecule has 2 aliphatic heterocycles. The second kappa shape index (κ2) is 12.4. The third-order valence-corrected chi connectivity index (χ3v) is 10.2. The highest BCUT2D eigenvalue weighted by atomic mass is 35.5. The number of pyridine rings is 1. The van der Waals surface area contributed by atoms with Crippen molar-refractivity contribution in [3.05, 3.63) is 58.6 Å². The van der Waals surface area contributed by atoms with E-state index in [1.165, 1.54) is 12.3 Å². The van der Waals surface area contributed by atoms with Crippen LogP contribution in [0.1, 0.15) is 31.0 Å². The Labute approximate surface area is 267 Å². The summed E-state index contributed by atoms with van der Waals surface area (Å²) in [5.41, 5.74) is 4.30. The molecule has 45 heavy (non-hydrogen) atoms. The van der Waals surface area contributed by atoms with E-state index in [1.54, 1.807) is 39.5 Å². The van der Waals surface area contributed by atoms with Crippen molar-refractivity contribution in [2.24, 2.45) is 0 Å². The number of hydrogen-bond acceptors (Lipinski definition) is 10. The van der Waals surface area contributed by atoms with Crippen molar-refractivity contribution < 1.29 is 23.2 Å². The molecule has 238 valence electrons. The minimum absolute atomic E-state index is 0.261. The molecule has 4 aromatic rings. The fraction of sp³-hybridized carbons (Fsp3) is 0.406. The van der Waals surface area contributed by atoms with Crippen LogP contribution in [0, 0.1) is 12.7 Å². The lowest BCUT2D eigenvalue weighted by Crippen LogP contribution is -2.45. The van der Waals surface area contributed by atoms with Gasteiger partial charge in [0.1, 0.15) is 23.7 Å². The zero-order valence-electron chi connectivity index (χ0n) is 26.0. The first-order valence-electron chi connectivity index (χ1n) is 15.0. The normalized spacial score (nSPS) is 16.4. The maximum atomic E-state index is 14.6. The number of aryl methyl sites for hydroxylation is 2. The number of anilines is 5. The molecule has 0 unspecified atom stereocenters. The molecule has 0 amide bonds. The van der Waals surface area contributed by atoms with E-state index >= 15 is 0 Å². The van der Waals surface area contributed by atoms with E-state index in [9.17, 15) is 8.96 Å². The van der Waals surface area contributed by atoms with Gasteiger partial charge in [-0.25, -0.2) is 9.37 Å². The summed E-state index contributed by atoms with van der Waals surface area (Å²) in [6.07, 6.45) is 3.91. The summed E-state index contributed by atoms with van der Waals surface area (Å²) in [4.78, 5) is 15.7. The van der Waals surface area contributed by atoms with Crippen LogP contribution in [-0.2, 0) is 20.5 Å². The molecule has 0 aliphatic carbocycles. The monoisotopic (exact) mass is 654 g/mol. The Morgan fingerprint density at radius 1 is 1.09 bits per heavy atom. The third kappa shape index (κ3) is 6.31. The number of nitrogens with one attached hydrogen (secondary N) is 2. The third-order valence-electron chi connectivity index (χ3n) is 8.34. The van der Waals surface area contributed by atoms with Crippen LogP contribution in [-0.4, -0.2) is 67.5 Å². The van der Waals surface area contributed by atoms with Crippen molar-refractivity contribution in [2.45, 2.75) is 38.9 Å². The highest BCUT2D eigenvalue weighted by Crippen LogP contribution is 2.43. The van der Waals surface area contributed by atoms with Crippen molar-refractivity contribution in [3.8, 4) is 5.75 Å². The van der Waals surface area contributed by atoms with Crippen molar-refractivity contribution in [1.29, 1.82) is 0 Å². The summed E-state index contributed by atoms with van der Waals surface area (Å²) < 4.78 is 45.7. The molecule has 1 spiro atoms. The first kappa shape index (κ1) is 31.5. The largest absolute Gasteiger partial charge is 0.494 e. The molecule has 2 fully saturated rings. The van der Waals surface area contributed by atoms with Crippen LogP contribution in [0.4, 0.5) is 33.2 Å². The number of methoxy groups -OCH3 is 1. The van der Waals surface area contributed by atoms with Crippen molar-refractivity contribution in [1.82, 2.24) is 15.0 Å². The number of halogens is 2. The minimum atomic E-state index is -2.91. The van der Waals surface area contributed by atoms with Gasteiger partial charge in [-0.15, -0.1) is 0 Å². The van der Waals surface area contributed by atoms with Gasteiger partial charge in [-0.2, -0.15) is 4.98 Å². The lowest BCUT2D eigenvalue weighted by Gasteiger charge is -2.39. The number of aromatic nitrogens is 3. The number of fused-ring (bicyclic) bond motifs is 1. The van der Waals surface area contributed by atoms with E-state index in [-0.39, 0.29) is 16.7 Å². The van der Waals surface area contributed by atoms with Gasteiger partial charge in [-0.3, -0.25) is 4.98 Å². The van der Waals surface area contributed by atoms with Gasteiger partial charge in [-0.05, 0) is 56.5 Å². The second-order valence-corrected chi connectivity index (χ2v) is 15.3. The van der Waals surface area contributed by atoms with E-state index in [0.29, 0.717) is 52.4 Å². The smallest absolute Gasteiger partial charge is 0.229 e. The molecule has 10 nitrogen and oxygen atoms in total. The highest BCUT2D eigenvalue weighted by molar-refractivity contribution is 7.71. The van der Waals surface area contributed by atoms with Crippen LogP contribution < -0.4 is 25.6 Å². The van der Waals surface area contributed by atoms with Crippen molar-refractivity contribution in [2.75, 3.05) is 62.3 Å². The Bertz CT molecular complexity index is 1800. The minimum Gasteiger partial charge on any atom is -0.494 e. The van der Waals surface area contributed by atoms with Crippen LogP contribution in [0.15, 0.2) is 36.5 Å². The molecule has 0 radical (unpaired) electrons. The summed E-state index contributed by atoms with van der Waals surface area (Å²) in [5, 5.41) is 7.71. The summed E-state index contributed by atoms with van der Waals surface area (Å²) in [5.74, 6) is 0.314. The quantitative estimate of drug-likeness (QED) is 0.197. The molecule has 4 heterocycles. The highest BCUT2D eigenvalue weighted by Gasteiger charge is 2.40. The zero-order valence-corrected chi connectivity index (χ0v) is 27.7. The number of benzene rings is 2. The number of ether oxygens (including phenoxy) is 3. The van der Waals surface area contributed by atoms with E-state index in [1.807, 2.05) is 6.07 Å². The fourth-order valence-electron chi connectivity index (χ4n) is 6.08. The Hall–Kier alpha value is -3.50. The van der Waals surface area contributed by atoms with E-state index < -0.39 is 18.7 Å². The Kier molecular flexibility index (Phi) is 8.65. The fourth-order valence-corrected chi connectivity index (χ4v) is 7.69. The van der Waals surface area contributed by atoms with E-state index in [2.05, 4.69) is 43.5 Å². The van der Waals surface area contributed by atoms with Gasteiger partial charge in [0.25, 0.3) is 0 Å². The summed E-state index contributed by atoms with van der Waals surface area (Å²) >= 11 is 6.53. The maximum absolute atomic E-state index is 14.6. The molecule has 0 atom stereocenters. The van der Waals surface area contributed by atoms with E-state index in [4.69, 9.17) is 25.8 Å². The molecule has 6 rings (SSSR count). The van der Waals surface area contributed by atoms with Gasteiger partial charge >= 0.3 is 0 Å². The average Bonchev–Trinajstić information content (AvgIpc) is 3.46. The Morgan fingerprint density at radius 3 is 2.49 bits per heavy atom. The first-order chi connectivity index (χ1) is 21.5. The van der Waals surface area contributed by atoms with E-state index in [0.717, 1.165) is 43.6 Å². The van der Waals surface area contributed by atoms with Gasteiger partial charge in [0.15, 0.2) is 11.6 Å². The summed E-state index contributed by atoms with van der Waals surface area (Å²) in [7, 11) is -1.27. The van der Waals surface area contributed by atoms with Crippen LogP contribution in [0.5, 0.6) is 5.75 Å². The van der Waals surface area contributed by atoms with Crippen LogP contribution in [0.2, 0.25) is 5.02 Å². The molecule has 13 heteroatoms. The van der Waals surface area contributed by atoms with Gasteiger partial charge < -0.3 is 34.3 Å². The van der Waals surface area contributed by atoms with Gasteiger partial charge in [0.2, 0.25) is 5.95 Å². The number of piperidine rings is 1.